The van der Waals surface area contributed by atoms with Gasteiger partial charge in [-0.05, 0) is 41.1 Å². The molecule has 0 radical (unpaired) electrons. The number of carbonyl (C=O) groups excluding carboxylic acids is 1. The lowest BCUT2D eigenvalue weighted by molar-refractivity contribution is 0.0790. The van der Waals surface area contributed by atoms with E-state index in [9.17, 15) is 4.79 Å². The van der Waals surface area contributed by atoms with Crippen LogP contribution in [0.3, 0.4) is 0 Å². The Morgan fingerprint density at radius 3 is 2.67 bits per heavy atom. The monoisotopic (exact) mass is 260 g/mol. The Bertz CT molecular complexity index is 522. The van der Waals surface area contributed by atoms with E-state index in [1.165, 1.54) is 16.9 Å². The molecule has 0 aromatic carbocycles. The fraction of sp³-hybridized carbons (Fsp3) is 0.286. The maximum Gasteiger partial charge on any atom is 0.263 e. The van der Waals surface area contributed by atoms with Gasteiger partial charge in [0.2, 0.25) is 0 Å². The van der Waals surface area contributed by atoms with Crippen LogP contribution < -0.4 is 0 Å². The van der Waals surface area contributed by atoms with Gasteiger partial charge >= 0.3 is 0 Å². The minimum atomic E-state index is 0.0801. The summed E-state index contributed by atoms with van der Waals surface area (Å²) >= 11 is 1.52. The highest BCUT2D eigenvalue weighted by atomic mass is 32.1. The number of carbonyl (C=O) groups is 1. The van der Waals surface area contributed by atoms with Crippen LogP contribution in [-0.4, -0.2) is 22.8 Å². The van der Waals surface area contributed by atoms with Crippen LogP contribution >= 0.6 is 11.3 Å². The molecule has 0 unspecified atom stereocenters. The largest absolute Gasteiger partial charge is 0.337 e. The van der Waals surface area contributed by atoms with Crippen molar-refractivity contribution in [2.75, 3.05) is 7.05 Å². The van der Waals surface area contributed by atoms with Crippen LogP contribution in [0.15, 0.2) is 36.0 Å². The highest BCUT2D eigenvalue weighted by molar-refractivity contribution is 7.12. The van der Waals surface area contributed by atoms with Gasteiger partial charge in [0.25, 0.3) is 5.91 Å². The first-order valence-corrected chi connectivity index (χ1v) is 6.80. The van der Waals surface area contributed by atoms with Crippen LogP contribution in [0.5, 0.6) is 0 Å². The molecule has 2 aromatic rings. The van der Waals surface area contributed by atoms with Gasteiger partial charge in [0.15, 0.2) is 0 Å². The predicted molar refractivity (Wildman–Crippen MR) is 73.7 cm³/mol. The second-order valence-electron chi connectivity index (χ2n) is 4.19. The van der Waals surface area contributed by atoms with Crippen LogP contribution in [-0.2, 0) is 13.0 Å². The zero-order valence-corrected chi connectivity index (χ0v) is 11.4. The van der Waals surface area contributed by atoms with Crippen molar-refractivity contribution in [1.82, 2.24) is 9.88 Å². The van der Waals surface area contributed by atoms with Gasteiger partial charge in [0.05, 0.1) is 4.88 Å². The zero-order chi connectivity index (χ0) is 13.0. The Hall–Kier alpha value is -1.68. The topological polar surface area (TPSA) is 33.2 Å². The molecule has 0 atom stereocenters. The van der Waals surface area contributed by atoms with E-state index in [-0.39, 0.29) is 5.91 Å². The van der Waals surface area contributed by atoms with Crippen LogP contribution in [0.1, 0.15) is 27.7 Å². The number of hydrogen-bond donors (Lipinski definition) is 0. The van der Waals surface area contributed by atoms with Crippen LogP contribution in [0, 0.1) is 0 Å². The number of thiophene rings is 1. The van der Waals surface area contributed by atoms with Crippen molar-refractivity contribution in [3.05, 3.63) is 52.0 Å². The van der Waals surface area contributed by atoms with Crippen molar-refractivity contribution in [2.24, 2.45) is 0 Å². The van der Waals surface area contributed by atoms with Gasteiger partial charge < -0.3 is 4.90 Å². The molecule has 3 nitrogen and oxygen atoms in total. The Kier molecular flexibility index (Phi) is 4.10. The lowest BCUT2D eigenvalue weighted by Crippen LogP contribution is -2.25. The molecule has 0 saturated heterocycles. The van der Waals surface area contributed by atoms with Gasteiger partial charge in [-0.2, -0.15) is 0 Å². The van der Waals surface area contributed by atoms with Crippen molar-refractivity contribution in [3.63, 3.8) is 0 Å². The van der Waals surface area contributed by atoms with Gasteiger partial charge in [-0.1, -0.05) is 6.92 Å². The molecule has 18 heavy (non-hydrogen) atoms. The first-order chi connectivity index (χ1) is 8.70. The van der Waals surface area contributed by atoms with Crippen molar-refractivity contribution in [2.45, 2.75) is 19.9 Å². The summed E-state index contributed by atoms with van der Waals surface area (Å²) in [5.41, 5.74) is 2.31. The number of aromatic nitrogens is 1. The number of rotatable bonds is 4. The molecule has 94 valence electrons. The Morgan fingerprint density at radius 1 is 1.33 bits per heavy atom. The van der Waals surface area contributed by atoms with Gasteiger partial charge in [0.1, 0.15) is 0 Å². The maximum atomic E-state index is 12.2. The van der Waals surface area contributed by atoms with Crippen molar-refractivity contribution in [3.8, 4) is 0 Å². The molecule has 0 aliphatic carbocycles. The Balaban J connectivity index is 2.05. The third kappa shape index (κ3) is 2.96. The summed E-state index contributed by atoms with van der Waals surface area (Å²) < 4.78 is 0. The lowest BCUT2D eigenvalue weighted by atomic mass is 10.2. The summed E-state index contributed by atoms with van der Waals surface area (Å²) in [6, 6.07) is 5.83. The van der Waals surface area contributed by atoms with E-state index < -0.39 is 0 Å². The molecular weight excluding hydrogens is 244 g/mol. The highest BCUT2D eigenvalue weighted by Gasteiger charge is 2.13. The molecule has 0 fully saturated rings. The van der Waals surface area contributed by atoms with E-state index in [1.807, 2.05) is 30.6 Å². The average Bonchev–Trinajstić information content (AvgIpc) is 2.87. The van der Waals surface area contributed by atoms with E-state index in [2.05, 4.69) is 11.9 Å². The fourth-order valence-electron chi connectivity index (χ4n) is 1.70. The van der Waals surface area contributed by atoms with Crippen LogP contribution in [0.2, 0.25) is 0 Å². The third-order valence-corrected chi connectivity index (χ3v) is 3.76. The number of hydrogen-bond acceptors (Lipinski definition) is 3. The minimum Gasteiger partial charge on any atom is -0.337 e. The van der Waals surface area contributed by atoms with Crippen LogP contribution in [0.25, 0.3) is 0 Å². The minimum absolute atomic E-state index is 0.0801. The molecule has 1 amide bonds. The molecule has 0 spiro atoms. The number of aryl methyl sites for hydroxylation is 1. The van der Waals surface area contributed by atoms with E-state index in [4.69, 9.17) is 0 Å². The summed E-state index contributed by atoms with van der Waals surface area (Å²) in [6.07, 6.45) is 4.46. The smallest absolute Gasteiger partial charge is 0.263 e. The molecule has 0 bridgehead atoms. The summed E-state index contributed by atoms with van der Waals surface area (Å²) in [6.45, 7) is 2.71. The van der Waals surface area contributed by atoms with Crippen LogP contribution in [0.4, 0.5) is 0 Å². The number of nitrogens with zero attached hydrogens (tertiary/aromatic N) is 2. The summed E-state index contributed by atoms with van der Waals surface area (Å²) in [5.74, 6) is 0.0801. The SMILES string of the molecule is CCc1csc(C(=O)N(C)Cc2ccncc2)c1. The van der Waals surface area contributed by atoms with E-state index in [0.29, 0.717) is 6.54 Å². The van der Waals surface area contributed by atoms with Crippen molar-refractivity contribution >= 4 is 17.2 Å². The summed E-state index contributed by atoms with van der Waals surface area (Å²) in [7, 11) is 1.83. The average molecular weight is 260 g/mol. The molecule has 4 heteroatoms. The lowest BCUT2D eigenvalue weighted by Gasteiger charge is -2.16. The summed E-state index contributed by atoms with van der Waals surface area (Å²) in [4.78, 5) is 18.7. The van der Waals surface area contributed by atoms with Crippen molar-refractivity contribution in [1.29, 1.82) is 0 Å². The molecule has 0 N–H and O–H groups in total. The maximum absolute atomic E-state index is 12.2. The molecule has 2 aromatic heterocycles. The van der Waals surface area contributed by atoms with Gasteiger partial charge in [-0.25, -0.2) is 0 Å². The Labute approximate surface area is 111 Å². The third-order valence-electron chi connectivity index (χ3n) is 2.79. The highest BCUT2D eigenvalue weighted by Crippen LogP contribution is 2.17. The molecule has 2 heterocycles. The molecule has 0 aliphatic heterocycles. The molecular formula is C14H16N2OS. The molecule has 0 aliphatic rings. The number of pyridine rings is 1. The second-order valence-corrected chi connectivity index (χ2v) is 5.10. The predicted octanol–water partition coefficient (Wildman–Crippen LogP) is 2.98. The Morgan fingerprint density at radius 2 is 2.06 bits per heavy atom. The summed E-state index contributed by atoms with van der Waals surface area (Å²) in [5, 5.41) is 2.05. The van der Waals surface area contributed by atoms with Crippen molar-refractivity contribution < 1.29 is 4.79 Å². The van der Waals surface area contributed by atoms with E-state index >= 15 is 0 Å². The van der Waals surface area contributed by atoms with Gasteiger partial charge in [-0.15, -0.1) is 11.3 Å². The first kappa shape index (κ1) is 12.8. The zero-order valence-electron chi connectivity index (χ0n) is 10.6. The fourth-order valence-corrected chi connectivity index (χ4v) is 2.68. The standard InChI is InChI=1S/C14H16N2OS/c1-3-11-8-13(18-10-11)14(17)16(2)9-12-4-6-15-7-5-12/h4-8,10H,3,9H2,1-2H3. The quantitative estimate of drug-likeness (QED) is 0.846. The van der Waals surface area contributed by atoms with E-state index in [0.717, 1.165) is 16.9 Å². The normalized spacial score (nSPS) is 10.3. The number of amides is 1. The van der Waals surface area contributed by atoms with E-state index in [1.54, 1.807) is 17.3 Å². The van der Waals surface area contributed by atoms with Gasteiger partial charge in [-0.3, -0.25) is 9.78 Å². The second kappa shape index (κ2) is 5.78. The molecule has 2 rings (SSSR count). The van der Waals surface area contributed by atoms with Gasteiger partial charge in [0, 0.05) is 26.0 Å². The molecule has 0 saturated carbocycles. The first-order valence-electron chi connectivity index (χ1n) is 5.92.